The van der Waals surface area contributed by atoms with Crippen LogP contribution >= 0.6 is 0 Å². The van der Waals surface area contributed by atoms with E-state index in [9.17, 15) is 4.79 Å². The lowest BCUT2D eigenvalue weighted by Gasteiger charge is -2.06. The van der Waals surface area contributed by atoms with Gasteiger partial charge in [-0.3, -0.25) is 0 Å². The molecule has 0 atom stereocenters. The molecule has 3 N–H and O–H groups in total. The molecule has 1 heterocycles. The highest BCUT2D eigenvalue weighted by atomic mass is 16.5. The van der Waals surface area contributed by atoms with Gasteiger partial charge in [0.05, 0.1) is 13.2 Å². The fourth-order valence-electron chi connectivity index (χ4n) is 1.87. The standard InChI is InChI=1S/C15H19N5O2/c1-3-22-13(21)9-11(2)17-15-14(16)20(19-18-15)10-12-7-5-4-6-8-12/h4-9,17H,3,10,16H2,1-2H3/b11-9-. The highest BCUT2D eigenvalue weighted by Gasteiger charge is 2.10. The van der Waals surface area contributed by atoms with Crippen LogP contribution in [0.15, 0.2) is 42.1 Å². The van der Waals surface area contributed by atoms with Gasteiger partial charge in [0.2, 0.25) is 0 Å². The SMILES string of the molecule is CCOC(=O)/C=C(/C)Nc1nnn(Cc2ccccc2)c1N. The number of nitrogens with two attached hydrogens (primary N) is 1. The van der Waals surface area contributed by atoms with Crippen LogP contribution in [0.4, 0.5) is 11.6 Å². The molecule has 22 heavy (non-hydrogen) atoms. The van der Waals surface area contributed by atoms with Crippen LogP contribution in [0, 0.1) is 0 Å². The van der Waals surface area contributed by atoms with E-state index in [0.29, 0.717) is 30.5 Å². The van der Waals surface area contributed by atoms with Gasteiger partial charge < -0.3 is 15.8 Å². The number of ether oxygens (including phenoxy) is 1. The van der Waals surface area contributed by atoms with Gasteiger partial charge in [0, 0.05) is 11.8 Å². The second-order valence-electron chi connectivity index (χ2n) is 4.67. The Morgan fingerprint density at radius 3 is 2.82 bits per heavy atom. The van der Waals surface area contributed by atoms with Crippen molar-refractivity contribution in [2.24, 2.45) is 0 Å². The van der Waals surface area contributed by atoms with E-state index in [2.05, 4.69) is 15.6 Å². The summed E-state index contributed by atoms with van der Waals surface area (Å²) in [5.74, 6) is 0.400. The molecule has 0 aliphatic rings. The van der Waals surface area contributed by atoms with Crippen molar-refractivity contribution in [3.8, 4) is 0 Å². The van der Waals surface area contributed by atoms with Crippen molar-refractivity contribution in [1.29, 1.82) is 0 Å². The number of aromatic nitrogens is 3. The van der Waals surface area contributed by atoms with Crippen LogP contribution < -0.4 is 11.1 Å². The molecule has 0 unspecified atom stereocenters. The molecule has 2 rings (SSSR count). The summed E-state index contributed by atoms with van der Waals surface area (Å²) >= 11 is 0. The highest BCUT2D eigenvalue weighted by molar-refractivity contribution is 5.83. The number of nitrogens with one attached hydrogen (secondary N) is 1. The molecule has 2 aromatic rings. The zero-order chi connectivity index (χ0) is 15.9. The minimum Gasteiger partial charge on any atom is -0.463 e. The van der Waals surface area contributed by atoms with Crippen molar-refractivity contribution in [2.45, 2.75) is 20.4 Å². The van der Waals surface area contributed by atoms with Gasteiger partial charge >= 0.3 is 5.97 Å². The van der Waals surface area contributed by atoms with Crippen molar-refractivity contribution in [2.75, 3.05) is 17.7 Å². The Morgan fingerprint density at radius 2 is 2.14 bits per heavy atom. The first-order chi connectivity index (χ1) is 10.6. The second-order valence-corrected chi connectivity index (χ2v) is 4.67. The number of hydrogen-bond acceptors (Lipinski definition) is 6. The number of rotatable bonds is 6. The number of carbonyl (C=O) groups is 1. The number of carbonyl (C=O) groups excluding carboxylic acids is 1. The summed E-state index contributed by atoms with van der Waals surface area (Å²) in [5, 5.41) is 11.0. The Balaban J connectivity index is 2.06. The first kappa shape index (κ1) is 15.6. The molecular weight excluding hydrogens is 282 g/mol. The Morgan fingerprint density at radius 1 is 1.41 bits per heavy atom. The van der Waals surface area contributed by atoms with Crippen LogP contribution in [0.5, 0.6) is 0 Å². The molecule has 7 heteroatoms. The van der Waals surface area contributed by atoms with Crippen molar-refractivity contribution in [3.05, 3.63) is 47.7 Å². The molecule has 0 radical (unpaired) electrons. The van der Waals surface area contributed by atoms with E-state index in [4.69, 9.17) is 10.5 Å². The van der Waals surface area contributed by atoms with Gasteiger partial charge in [-0.1, -0.05) is 35.5 Å². The summed E-state index contributed by atoms with van der Waals surface area (Å²) in [6.07, 6.45) is 1.35. The molecule has 7 nitrogen and oxygen atoms in total. The molecule has 1 aromatic carbocycles. The van der Waals surface area contributed by atoms with Gasteiger partial charge in [-0.05, 0) is 19.4 Å². The summed E-state index contributed by atoms with van der Waals surface area (Å²) in [6.45, 7) is 4.34. The predicted octanol–water partition coefficient (Wildman–Crippen LogP) is 1.79. The lowest BCUT2D eigenvalue weighted by molar-refractivity contribution is -0.137. The van der Waals surface area contributed by atoms with E-state index >= 15 is 0 Å². The molecule has 0 saturated heterocycles. The van der Waals surface area contributed by atoms with Crippen molar-refractivity contribution in [3.63, 3.8) is 0 Å². The van der Waals surface area contributed by atoms with Crippen molar-refractivity contribution >= 4 is 17.6 Å². The summed E-state index contributed by atoms with van der Waals surface area (Å²) < 4.78 is 6.43. The quantitative estimate of drug-likeness (QED) is 0.624. The van der Waals surface area contributed by atoms with Gasteiger partial charge in [-0.25, -0.2) is 9.48 Å². The topological polar surface area (TPSA) is 95.1 Å². The maximum Gasteiger partial charge on any atom is 0.332 e. The van der Waals surface area contributed by atoms with E-state index < -0.39 is 5.97 Å². The first-order valence-electron chi connectivity index (χ1n) is 6.95. The van der Waals surface area contributed by atoms with E-state index in [1.807, 2.05) is 30.3 Å². The maximum absolute atomic E-state index is 11.4. The summed E-state index contributed by atoms with van der Waals surface area (Å²) in [5.41, 5.74) is 7.68. The van der Waals surface area contributed by atoms with Gasteiger partial charge in [0.15, 0.2) is 11.6 Å². The molecule has 0 aliphatic carbocycles. The van der Waals surface area contributed by atoms with Crippen molar-refractivity contribution in [1.82, 2.24) is 15.0 Å². The second kappa shape index (κ2) is 7.26. The average molecular weight is 301 g/mol. The van der Waals surface area contributed by atoms with Gasteiger partial charge in [0.1, 0.15) is 0 Å². The zero-order valence-electron chi connectivity index (χ0n) is 12.6. The number of hydrogen-bond donors (Lipinski definition) is 2. The molecule has 0 bridgehead atoms. The molecule has 0 fully saturated rings. The zero-order valence-corrected chi connectivity index (χ0v) is 12.6. The fourth-order valence-corrected chi connectivity index (χ4v) is 1.87. The molecule has 0 aliphatic heterocycles. The summed E-state index contributed by atoms with van der Waals surface area (Å²) in [6, 6.07) is 9.83. The molecule has 116 valence electrons. The molecule has 1 aromatic heterocycles. The largest absolute Gasteiger partial charge is 0.463 e. The lowest BCUT2D eigenvalue weighted by atomic mass is 10.2. The van der Waals surface area contributed by atoms with Crippen LogP contribution in [0.3, 0.4) is 0 Å². The third kappa shape index (κ3) is 4.08. The summed E-state index contributed by atoms with van der Waals surface area (Å²) in [7, 11) is 0. The third-order valence-corrected chi connectivity index (χ3v) is 2.89. The number of esters is 1. The number of anilines is 2. The Kier molecular flexibility index (Phi) is 5.13. The molecular formula is C15H19N5O2. The monoisotopic (exact) mass is 301 g/mol. The highest BCUT2D eigenvalue weighted by Crippen LogP contribution is 2.17. The van der Waals surface area contributed by atoms with Crippen LogP contribution in [-0.4, -0.2) is 27.6 Å². The van der Waals surface area contributed by atoms with E-state index in [0.717, 1.165) is 5.56 Å². The fraction of sp³-hybridized carbons (Fsp3) is 0.267. The number of nitrogens with zero attached hydrogens (tertiary/aromatic N) is 3. The van der Waals surface area contributed by atoms with Gasteiger partial charge in [-0.15, -0.1) is 5.10 Å². The minimum atomic E-state index is -0.414. The number of allylic oxidation sites excluding steroid dienone is 1. The molecule has 0 amide bonds. The van der Waals surface area contributed by atoms with Crippen LogP contribution in [-0.2, 0) is 16.1 Å². The van der Waals surface area contributed by atoms with Crippen molar-refractivity contribution < 1.29 is 9.53 Å². The predicted molar refractivity (Wildman–Crippen MR) is 84.0 cm³/mol. The Bertz CT molecular complexity index is 664. The lowest BCUT2D eigenvalue weighted by Crippen LogP contribution is -2.08. The first-order valence-corrected chi connectivity index (χ1v) is 6.95. The summed E-state index contributed by atoms with van der Waals surface area (Å²) in [4.78, 5) is 11.4. The number of benzene rings is 1. The van der Waals surface area contributed by atoms with Gasteiger partial charge in [-0.2, -0.15) is 0 Å². The Hall–Kier alpha value is -2.83. The van der Waals surface area contributed by atoms with E-state index in [-0.39, 0.29) is 0 Å². The van der Waals surface area contributed by atoms with E-state index in [1.165, 1.54) is 6.08 Å². The van der Waals surface area contributed by atoms with Crippen LogP contribution in [0.25, 0.3) is 0 Å². The Labute approximate surface area is 128 Å². The van der Waals surface area contributed by atoms with Gasteiger partial charge in [0.25, 0.3) is 0 Å². The van der Waals surface area contributed by atoms with Crippen LogP contribution in [0.2, 0.25) is 0 Å². The number of nitrogen functional groups attached to an aromatic ring is 1. The smallest absolute Gasteiger partial charge is 0.332 e. The van der Waals surface area contributed by atoms with E-state index in [1.54, 1.807) is 18.5 Å². The van der Waals surface area contributed by atoms with Crippen LogP contribution in [0.1, 0.15) is 19.4 Å². The maximum atomic E-state index is 11.4. The minimum absolute atomic E-state index is 0.331. The third-order valence-electron chi connectivity index (χ3n) is 2.89. The average Bonchev–Trinajstić information content (AvgIpc) is 2.81. The molecule has 0 spiro atoms. The molecule has 0 saturated carbocycles. The normalized spacial score (nSPS) is 11.3.